The SMILES string of the molecule is C=N/C(=C\C(=N/Cc1ccc(-c2cc(-c3ccccc3)nc3ccc4ccccc4c23)cc1)c1ccc(-c2ccccc2)cc1)c1ccc(-c2ccccc2)cc1. The van der Waals surface area contributed by atoms with Gasteiger partial charge in [-0.3, -0.25) is 9.98 Å². The molecular weight excluding hydrogens is 691 g/mol. The quantitative estimate of drug-likeness (QED) is 0.102. The van der Waals surface area contributed by atoms with E-state index in [0.717, 1.165) is 72.5 Å². The van der Waals surface area contributed by atoms with Crippen molar-refractivity contribution in [2.45, 2.75) is 6.54 Å². The highest BCUT2D eigenvalue weighted by Crippen LogP contribution is 2.37. The molecular formula is C54H39N3. The molecule has 0 aliphatic heterocycles. The maximum absolute atomic E-state index is 5.23. The van der Waals surface area contributed by atoms with Crippen LogP contribution in [0.5, 0.6) is 0 Å². The highest BCUT2D eigenvalue weighted by atomic mass is 14.8. The maximum Gasteiger partial charge on any atom is 0.0722 e. The summed E-state index contributed by atoms with van der Waals surface area (Å²) >= 11 is 0. The van der Waals surface area contributed by atoms with Crippen LogP contribution in [0.3, 0.4) is 0 Å². The van der Waals surface area contributed by atoms with Gasteiger partial charge >= 0.3 is 0 Å². The van der Waals surface area contributed by atoms with Crippen molar-refractivity contribution in [3.8, 4) is 44.6 Å². The normalized spacial score (nSPS) is 11.9. The molecule has 0 radical (unpaired) electrons. The fourth-order valence-electron chi connectivity index (χ4n) is 7.46. The van der Waals surface area contributed by atoms with Gasteiger partial charge in [-0.2, -0.15) is 0 Å². The van der Waals surface area contributed by atoms with Gasteiger partial charge in [-0.1, -0.05) is 194 Å². The minimum atomic E-state index is 0.499. The Bertz CT molecular complexity index is 2880. The number of allylic oxidation sites excluding steroid dienone is 1. The molecule has 0 bridgehead atoms. The largest absolute Gasteiger partial charge is 0.280 e. The van der Waals surface area contributed by atoms with E-state index in [1.54, 1.807) is 0 Å². The molecule has 3 heteroatoms. The fourth-order valence-corrected chi connectivity index (χ4v) is 7.46. The summed E-state index contributed by atoms with van der Waals surface area (Å²) in [5.41, 5.74) is 14.7. The molecule has 0 saturated heterocycles. The van der Waals surface area contributed by atoms with E-state index >= 15 is 0 Å². The minimum Gasteiger partial charge on any atom is -0.280 e. The predicted octanol–water partition coefficient (Wildman–Crippen LogP) is 13.8. The number of hydrogen-bond donors (Lipinski definition) is 0. The van der Waals surface area contributed by atoms with Crippen LogP contribution in [-0.4, -0.2) is 17.4 Å². The highest BCUT2D eigenvalue weighted by molar-refractivity contribution is 6.14. The molecule has 0 spiro atoms. The maximum atomic E-state index is 5.23. The Morgan fingerprint density at radius 1 is 0.491 bits per heavy atom. The Balaban J connectivity index is 1.08. The summed E-state index contributed by atoms with van der Waals surface area (Å²) in [5, 5.41) is 3.55. The van der Waals surface area contributed by atoms with Crippen LogP contribution in [0.25, 0.3) is 72.0 Å². The van der Waals surface area contributed by atoms with Gasteiger partial charge in [-0.05, 0) is 80.2 Å². The number of fused-ring (bicyclic) bond motifs is 3. The van der Waals surface area contributed by atoms with Gasteiger partial charge in [0.05, 0.1) is 29.2 Å². The molecule has 0 saturated carbocycles. The molecule has 0 atom stereocenters. The number of aromatic nitrogens is 1. The van der Waals surface area contributed by atoms with Gasteiger partial charge in [0, 0.05) is 16.5 Å². The molecule has 270 valence electrons. The monoisotopic (exact) mass is 729 g/mol. The first-order chi connectivity index (χ1) is 28.2. The van der Waals surface area contributed by atoms with Crippen LogP contribution in [0.4, 0.5) is 0 Å². The molecule has 0 unspecified atom stereocenters. The Labute approximate surface area is 333 Å². The topological polar surface area (TPSA) is 37.6 Å². The van der Waals surface area contributed by atoms with E-state index in [9.17, 15) is 0 Å². The van der Waals surface area contributed by atoms with Gasteiger partial charge in [0.25, 0.3) is 0 Å². The molecule has 0 N–H and O–H groups in total. The molecule has 9 rings (SSSR count). The second-order valence-electron chi connectivity index (χ2n) is 14.1. The van der Waals surface area contributed by atoms with Crippen LogP contribution in [-0.2, 0) is 6.54 Å². The Kier molecular flexibility index (Phi) is 9.94. The first-order valence-corrected chi connectivity index (χ1v) is 19.2. The first-order valence-electron chi connectivity index (χ1n) is 19.2. The van der Waals surface area contributed by atoms with Crippen molar-refractivity contribution >= 4 is 39.8 Å². The summed E-state index contributed by atoms with van der Waals surface area (Å²) in [5.74, 6) is 0. The van der Waals surface area contributed by atoms with Crippen LogP contribution < -0.4 is 0 Å². The Morgan fingerprint density at radius 2 is 1.02 bits per heavy atom. The lowest BCUT2D eigenvalue weighted by molar-refractivity contribution is 1.07. The standard InChI is InChI=1S/C54H39N3/c1-55-51(46-29-25-41(26-30-46)39-13-5-2-6-14-39)36-52(47-31-27-42(28-32-47)40-15-7-3-8-16-40)56-37-38-21-23-44(24-22-38)49-35-53(45-18-9-4-10-19-45)57-50-34-33-43-17-11-12-20-48(43)54(49)50/h2-36H,1,37H2/b51-36-,56-52+. The molecule has 1 aromatic heterocycles. The number of pyridine rings is 1. The first kappa shape index (κ1) is 35.2. The number of benzene rings is 8. The third kappa shape index (κ3) is 7.60. The molecule has 9 aromatic rings. The number of aliphatic imine (C=N–C) groups is 2. The van der Waals surface area contributed by atoms with Crippen molar-refractivity contribution in [2.24, 2.45) is 9.98 Å². The second-order valence-corrected chi connectivity index (χ2v) is 14.1. The molecule has 8 aromatic carbocycles. The van der Waals surface area contributed by atoms with E-state index in [2.05, 4.69) is 206 Å². The van der Waals surface area contributed by atoms with Crippen molar-refractivity contribution in [3.63, 3.8) is 0 Å². The zero-order valence-electron chi connectivity index (χ0n) is 31.5. The van der Waals surface area contributed by atoms with Crippen molar-refractivity contribution in [2.75, 3.05) is 0 Å². The van der Waals surface area contributed by atoms with E-state index in [0.29, 0.717) is 6.54 Å². The number of rotatable bonds is 10. The lowest BCUT2D eigenvalue weighted by atomic mass is 9.94. The summed E-state index contributed by atoms with van der Waals surface area (Å²) in [4.78, 5) is 14.9. The summed E-state index contributed by atoms with van der Waals surface area (Å²) in [6, 6.07) is 72.2. The minimum absolute atomic E-state index is 0.499. The summed E-state index contributed by atoms with van der Waals surface area (Å²) in [7, 11) is 0. The summed E-state index contributed by atoms with van der Waals surface area (Å²) in [6.07, 6.45) is 2.05. The zero-order chi connectivity index (χ0) is 38.4. The highest BCUT2D eigenvalue weighted by Gasteiger charge is 2.13. The molecule has 0 amide bonds. The van der Waals surface area contributed by atoms with Crippen LogP contribution >= 0.6 is 0 Å². The average molecular weight is 730 g/mol. The van der Waals surface area contributed by atoms with Gasteiger partial charge in [-0.25, -0.2) is 4.98 Å². The lowest BCUT2D eigenvalue weighted by Gasteiger charge is -2.13. The molecule has 57 heavy (non-hydrogen) atoms. The lowest BCUT2D eigenvalue weighted by Crippen LogP contribution is -2.00. The number of hydrogen-bond acceptors (Lipinski definition) is 3. The molecule has 3 nitrogen and oxygen atoms in total. The van der Waals surface area contributed by atoms with Gasteiger partial charge in [-0.15, -0.1) is 0 Å². The van der Waals surface area contributed by atoms with Gasteiger partial charge < -0.3 is 0 Å². The van der Waals surface area contributed by atoms with Gasteiger partial charge in [0.15, 0.2) is 0 Å². The van der Waals surface area contributed by atoms with Crippen molar-refractivity contribution in [1.29, 1.82) is 0 Å². The second kappa shape index (κ2) is 16.1. The molecule has 0 fully saturated rings. The van der Waals surface area contributed by atoms with Crippen LogP contribution in [0, 0.1) is 0 Å². The summed E-state index contributed by atoms with van der Waals surface area (Å²) in [6.45, 7) is 4.46. The summed E-state index contributed by atoms with van der Waals surface area (Å²) < 4.78 is 0. The van der Waals surface area contributed by atoms with Gasteiger partial charge in [0.2, 0.25) is 0 Å². The van der Waals surface area contributed by atoms with Crippen molar-refractivity contribution in [1.82, 2.24) is 4.98 Å². The van der Waals surface area contributed by atoms with Crippen LogP contribution in [0.1, 0.15) is 16.7 Å². The van der Waals surface area contributed by atoms with E-state index in [1.807, 2.05) is 18.2 Å². The van der Waals surface area contributed by atoms with E-state index in [-0.39, 0.29) is 0 Å². The van der Waals surface area contributed by atoms with Gasteiger partial charge in [0.1, 0.15) is 0 Å². The third-order valence-electron chi connectivity index (χ3n) is 10.5. The fraction of sp³-hybridized carbons (Fsp3) is 0.0185. The molecule has 0 aliphatic rings. The zero-order valence-corrected chi connectivity index (χ0v) is 31.5. The third-order valence-corrected chi connectivity index (χ3v) is 10.5. The predicted molar refractivity (Wildman–Crippen MR) is 242 cm³/mol. The van der Waals surface area contributed by atoms with E-state index in [4.69, 9.17) is 9.98 Å². The van der Waals surface area contributed by atoms with E-state index in [1.165, 1.54) is 21.9 Å². The van der Waals surface area contributed by atoms with Crippen molar-refractivity contribution < 1.29 is 0 Å². The van der Waals surface area contributed by atoms with Crippen LogP contribution in [0.2, 0.25) is 0 Å². The van der Waals surface area contributed by atoms with E-state index < -0.39 is 0 Å². The Morgan fingerprint density at radius 3 is 1.63 bits per heavy atom. The average Bonchev–Trinajstić information content (AvgIpc) is 3.30. The number of nitrogens with zero attached hydrogens (tertiary/aromatic N) is 3. The smallest absolute Gasteiger partial charge is 0.0722 e. The van der Waals surface area contributed by atoms with Crippen molar-refractivity contribution in [3.05, 3.63) is 229 Å². The molecule has 0 aliphatic carbocycles. The Hall–Kier alpha value is -7.49. The van der Waals surface area contributed by atoms with Crippen LogP contribution in [0.15, 0.2) is 222 Å². The molecule has 1 heterocycles.